The van der Waals surface area contributed by atoms with Crippen molar-refractivity contribution in [1.29, 1.82) is 0 Å². The molecule has 1 spiro atoms. The number of hydrogen-bond donors (Lipinski definition) is 1. The Morgan fingerprint density at radius 3 is 1.64 bits per heavy atom. The highest BCUT2D eigenvalue weighted by Crippen LogP contribution is 2.56. The van der Waals surface area contributed by atoms with Gasteiger partial charge in [-0.25, -0.2) is 4.79 Å². The number of benzene rings is 4. The van der Waals surface area contributed by atoms with Crippen molar-refractivity contribution >= 4 is 6.03 Å². The first kappa shape index (κ1) is 19.8. The van der Waals surface area contributed by atoms with Gasteiger partial charge in [-0.1, -0.05) is 109 Å². The van der Waals surface area contributed by atoms with E-state index >= 15 is 0 Å². The number of amides is 2. The minimum atomic E-state index is -1.03. The number of nitrogens with zero attached hydrogens (tertiary/aromatic N) is 2. The van der Waals surface area contributed by atoms with E-state index in [2.05, 4.69) is 24.3 Å². The van der Waals surface area contributed by atoms with E-state index in [9.17, 15) is 9.90 Å². The molecule has 1 fully saturated rings. The predicted octanol–water partition coefficient (Wildman–Crippen LogP) is 5.37. The highest BCUT2D eigenvalue weighted by atomic mass is 16.3. The van der Waals surface area contributed by atoms with Gasteiger partial charge in [0.25, 0.3) is 0 Å². The molecule has 4 aromatic rings. The molecule has 0 radical (unpaired) electrons. The second kappa shape index (κ2) is 7.61. The number of aliphatic hydroxyl groups is 1. The molecule has 162 valence electrons. The summed E-state index contributed by atoms with van der Waals surface area (Å²) in [5, 5.41) is 12.0. The number of aliphatic hydroxyl groups excluding tert-OH is 1. The molecular formula is C29H24N2O2. The van der Waals surface area contributed by atoms with Crippen molar-refractivity contribution in [3.63, 3.8) is 0 Å². The Labute approximate surface area is 193 Å². The Balaban J connectivity index is 1.56. The maximum atomic E-state index is 14.0. The van der Waals surface area contributed by atoms with Gasteiger partial charge in [-0.2, -0.15) is 0 Å². The normalized spacial score (nSPS) is 18.0. The third kappa shape index (κ3) is 2.84. The largest absolute Gasteiger partial charge is 0.370 e. The summed E-state index contributed by atoms with van der Waals surface area (Å²) in [5.74, 6) is 0. The molecule has 4 nitrogen and oxygen atoms in total. The summed E-state index contributed by atoms with van der Waals surface area (Å²) in [5.41, 5.74) is 5.12. The molecule has 1 heterocycles. The fourth-order valence-electron chi connectivity index (χ4n) is 5.48. The Bertz CT molecular complexity index is 1270. The van der Waals surface area contributed by atoms with E-state index in [-0.39, 0.29) is 6.03 Å². The monoisotopic (exact) mass is 432 g/mol. The minimum absolute atomic E-state index is 0.165. The molecule has 0 saturated carbocycles. The van der Waals surface area contributed by atoms with Crippen LogP contribution in [0.1, 0.15) is 22.3 Å². The van der Waals surface area contributed by atoms with Crippen molar-refractivity contribution in [3.8, 4) is 11.1 Å². The van der Waals surface area contributed by atoms with Crippen molar-refractivity contribution in [2.75, 3.05) is 0 Å². The van der Waals surface area contributed by atoms with Gasteiger partial charge in [0.15, 0.2) is 6.23 Å². The van der Waals surface area contributed by atoms with E-state index in [1.54, 1.807) is 4.90 Å². The molecule has 0 bridgehead atoms. The number of carbonyl (C=O) groups excluding carboxylic acids is 1. The van der Waals surface area contributed by atoms with Crippen LogP contribution < -0.4 is 0 Å². The van der Waals surface area contributed by atoms with Crippen LogP contribution >= 0.6 is 0 Å². The molecule has 1 aliphatic heterocycles. The van der Waals surface area contributed by atoms with Gasteiger partial charge in [0.05, 0.1) is 6.54 Å². The zero-order valence-electron chi connectivity index (χ0n) is 18.1. The molecule has 1 N–H and O–H groups in total. The number of carbonyl (C=O) groups is 1. The van der Waals surface area contributed by atoms with E-state index in [1.807, 2.05) is 89.8 Å². The third-order valence-electron chi connectivity index (χ3n) is 6.92. The lowest BCUT2D eigenvalue weighted by molar-refractivity contribution is -0.00850. The molecule has 1 saturated heterocycles. The van der Waals surface area contributed by atoms with E-state index in [4.69, 9.17) is 0 Å². The summed E-state index contributed by atoms with van der Waals surface area (Å²) >= 11 is 0. The van der Waals surface area contributed by atoms with Crippen LogP contribution in [0.2, 0.25) is 0 Å². The van der Waals surface area contributed by atoms with Crippen molar-refractivity contribution in [2.45, 2.75) is 24.9 Å². The summed E-state index contributed by atoms with van der Waals surface area (Å²) in [4.78, 5) is 17.5. The van der Waals surface area contributed by atoms with Crippen molar-refractivity contribution in [1.82, 2.24) is 9.80 Å². The molecular weight excluding hydrogens is 408 g/mol. The molecule has 2 amide bonds. The fourth-order valence-corrected chi connectivity index (χ4v) is 5.48. The van der Waals surface area contributed by atoms with Crippen molar-refractivity contribution in [2.24, 2.45) is 0 Å². The molecule has 1 unspecified atom stereocenters. The van der Waals surface area contributed by atoms with Crippen LogP contribution in [0.15, 0.2) is 109 Å². The molecule has 6 rings (SSSR count). The molecule has 4 aromatic carbocycles. The Kier molecular flexibility index (Phi) is 4.56. The summed E-state index contributed by atoms with van der Waals surface area (Å²) in [7, 11) is 0. The number of rotatable bonds is 4. The highest BCUT2D eigenvalue weighted by Gasteiger charge is 2.62. The molecule has 1 atom stereocenters. The number of hydrogen-bond acceptors (Lipinski definition) is 2. The summed E-state index contributed by atoms with van der Waals surface area (Å²) < 4.78 is 0. The van der Waals surface area contributed by atoms with Gasteiger partial charge in [0.2, 0.25) is 0 Å². The molecule has 0 aromatic heterocycles. The van der Waals surface area contributed by atoms with Gasteiger partial charge >= 0.3 is 6.03 Å². The second-order valence-corrected chi connectivity index (χ2v) is 8.70. The quantitative estimate of drug-likeness (QED) is 0.471. The standard InChI is InChI=1S/C29H24N2O2/c32-27-29(25-17-9-7-15-23(25)24-16-8-10-18-26(24)29)31(20-22-13-5-2-6-14-22)28(33)30(27)19-21-11-3-1-4-12-21/h1-18,27,32H,19-20H2. The van der Waals surface area contributed by atoms with E-state index in [1.165, 1.54) is 0 Å². The van der Waals surface area contributed by atoms with Gasteiger partial charge in [-0.05, 0) is 33.4 Å². The van der Waals surface area contributed by atoms with Crippen LogP contribution in [0.5, 0.6) is 0 Å². The predicted molar refractivity (Wildman–Crippen MR) is 128 cm³/mol. The average Bonchev–Trinajstić information content (AvgIpc) is 3.27. The van der Waals surface area contributed by atoms with E-state index in [0.29, 0.717) is 13.1 Å². The molecule has 33 heavy (non-hydrogen) atoms. The smallest absolute Gasteiger partial charge is 0.323 e. The number of fused-ring (bicyclic) bond motifs is 5. The average molecular weight is 433 g/mol. The Morgan fingerprint density at radius 1 is 0.636 bits per heavy atom. The lowest BCUT2D eigenvalue weighted by Crippen LogP contribution is -2.48. The lowest BCUT2D eigenvalue weighted by atomic mass is 9.84. The van der Waals surface area contributed by atoms with Crippen LogP contribution in [-0.2, 0) is 18.6 Å². The lowest BCUT2D eigenvalue weighted by Gasteiger charge is -2.38. The van der Waals surface area contributed by atoms with Crippen LogP contribution in [0.25, 0.3) is 11.1 Å². The van der Waals surface area contributed by atoms with Crippen LogP contribution in [0, 0.1) is 0 Å². The van der Waals surface area contributed by atoms with Gasteiger partial charge < -0.3 is 10.0 Å². The first-order chi connectivity index (χ1) is 16.2. The maximum Gasteiger partial charge on any atom is 0.323 e. The highest BCUT2D eigenvalue weighted by molar-refractivity contribution is 5.88. The van der Waals surface area contributed by atoms with Crippen molar-refractivity contribution < 1.29 is 9.90 Å². The third-order valence-corrected chi connectivity index (χ3v) is 6.92. The Hall–Kier alpha value is -3.89. The summed E-state index contributed by atoms with van der Waals surface area (Å²) in [6, 6.07) is 36.0. The zero-order chi connectivity index (χ0) is 22.4. The molecule has 2 aliphatic rings. The maximum absolute atomic E-state index is 14.0. The second-order valence-electron chi connectivity index (χ2n) is 8.70. The van der Waals surface area contributed by atoms with E-state index < -0.39 is 11.8 Å². The Morgan fingerprint density at radius 2 is 1.09 bits per heavy atom. The SMILES string of the molecule is O=C1N(Cc2ccccc2)C(O)C2(c3ccccc3-c3ccccc32)N1Cc1ccccc1. The molecule has 4 heteroatoms. The summed E-state index contributed by atoms with van der Waals surface area (Å²) in [6.45, 7) is 0.753. The zero-order valence-corrected chi connectivity index (χ0v) is 18.1. The first-order valence-corrected chi connectivity index (χ1v) is 11.2. The fraction of sp³-hybridized carbons (Fsp3) is 0.138. The van der Waals surface area contributed by atoms with Crippen LogP contribution in [0.4, 0.5) is 4.79 Å². The van der Waals surface area contributed by atoms with Gasteiger partial charge in [0, 0.05) is 6.54 Å². The van der Waals surface area contributed by atoms with Gasteiger partial charge in [-0.15, -0.1) is 0 Å². The number of urea groups is 1. The first-order valence-electron chi connectivity index (χ1n) is 11.2. The van der Waals surface area contributed by atoms with E-state index in [0.717, 1.165) is 33.4 Å². The van der Waals surface area contributed by atoms with Gasteiger partial charge in [-0.3, -0.25) is 4.90 Å². The van der Waals surface area contributed by atoms with Gasteiger partial charge in [0.1, 0.15) is 5.54 Å². The molecule has 1 aliphatic carbocycles. The van der Waals surface area contributed by atoms with Crippen LogP contribution in [0.3, 0.4) is 0 Å². The van der Waals surface area contributed by atoms with Crippen molar-refractivity contribution in [3.05, 3.63) is 131 Å². The minimum Gasteiger partial charge on any atom is -0.370 e. The van der Waals surface area contributed by atoms with Crippen LogP contribution in [-0.4, -0.2) is 27.2 Å². The summed E-state index contributed by atoms with van der Waals surface area (Å²) in [6.07, 6.45) is -1.03. The topological polar surface area (TPSA) is 43.8 Å².